The third-order valence-electron chi connectivity index (χ3n) is 2.45. The van der Waals surface area contributed by atoms with Crippen LogP contribution in [0.1, 0.15) is 31.0 Å². The number of hydrogen-bond donors (Lipinski definition) is 1. The Hall–Kier alpha value is -1.24. The van der Waals surface area contributed by atoms with E-state index < -0.39 is 0 Å². The van der Waals surface area contributed by atoms with Gasteiger partial charge in [0.05, 0.1) is 0 Å². The number of aryl methyl sites for hydroxylation is 1. The SMILES string of the molecule is Cc1cc2ccc(C(C)C)cc2[nH]1. The van der Waals surface area contributed by atoms with Crippen LogP contribution in [0.3, 0.4) is 0 Å². The van der Waals surface area contributed by atoms with E-state index in [1.54, 1.807) is 0 Å². The number of fused-ring (bicyclic) bond motifs is 1. The van der Waals surface area contributed by atoms with Gasteiger partial charge < -0.3 is 4.98 Å². The van der Waals surface area contributed by atoms with E-state index in [0.717, 1.165) is 0 Å². The van der Waals surface area contributed by atoms with Gasteiger partial charge in [-0.05, 0) is 35.9 Å². The summed E-state index contributed by atoms with van der Waals surface area (Å²) in [4.78, 5) is 3.35. The van der Waals surface area contributed by atoms with Gasteiger partial charge >= 0.3 is 0 Å². The third kappa shape index (κ3) is 1.46. The van der Waals surface area contributed by atoms with Crippen molar-refractivity contribution in [3.63, 3.8) is 0 Å². The zero-order chi connectivity index (χ0) is 9.42. The predicted molar refractivity (Wildman–Crippen MR) is 57.1 cm³/mol. The molecule has 0 unspecified atom stereocenters. The Morgan fingerprint density at radius 1 is 1.15 bits per heavy atom. The minimum absolute atomic E-state index is 0.605. The van der Waals surface area contributed by atoms with Gasteiger partial charge in [0.2, 0.25) is 0 Å². The highest BCUT2D eigenvalue weighted by atomic mass is 14.7. The van der Waals surface area contributed by atoms with Crippen LogP contribution in [0.5, 0.6) is 0 Å². The lowest BCUT2D eigenvalue weighted by Crippen LogP contribution is -1.85. The fourth-order valence-electron chi connectivity index (χ4n) is 1.65. The molecule has 1 N–H and O–H groups in total. The van der Waals surface area contributed by atoms with Crippen LogP contribution in [0.15, 0.2) is 24.3 Å². The average molecular weight is 173 g/mol. The molecule has 0 spiro atoms. The van der Waals surface area contributed by atoms with E-state index in [4.69, 9.17) is 0 Å². The van der Waals surface area contributed by atoms with Gasteiger partial charge in [-0.1, -0.05) is 26.0 Å². The van der Waals surface area contributed by atoms with E-state index in [1.807, 2.05) is 0 Å². The molecule has 68 valence electrons. The normalized spacial score (nSPS) is 11.4. The number of hydrogen-bond acceptors (Lipinski definition) is 0. The van der Waals surface area contributed by atoms with Gasteiger partial charge in [-0.3, -0.25) is 0 Å². The fourth-order valence-corrected chi connectivity index (χ4v) is 1.65. The maximum absolute atomic E-state index is 3.35. The zero-order valence-corrected chi connectivity index (χ0v) is 8.39. The molecule has 0 atom stereocenters. The van der Waals surface area contributed by atoms with Crippen molar-refractivity contribution in [3.8, 4) is 0 Å². The molecule has 0 aliphatic rings. The van der Waals surface area contributed by atoms with Crippen LogP contribution in [0.4, 0.5) is 0 Å². The summed E-state index contributed by atoms with van der Waals surface area (Å²) in [5, 5.41) is 1.31. The number of H-pyrrole nitrogens is 1. The summed E-state index contributed by atoms with van der Waals surface area (Å²) in [6.45, 7) is 6.53. The minimum Gasteiger partial charge on any atom is -0.359 e. The Labute approximate surface area is 78.8 Å². The molecular weight excluding hydrogens is 158 g/mol. The fraction of sp³-hybridized carbons (Fsp3) is 0.333. The molecule has 13 heavy (non-hydrogen) atoms. The maximum atomic E-state index is 3.35. The average Bonchev–Trinajstić information content (AvgIpc) is 2.42. The van der Waals surface area contributed by atoms with Gasteiger partial charge in [-0.2, -0.15) is 0 Å². The van der Waals surface area contributed by atoms with Crippen molar-refractivity contribution < 1.29 is 0 Å². The molecule has 0 aliphatic heterocycles. The first-order valence-corrected chi connectivity index (χ1v) is 4.76. The summed E-state index contributed by atoms with van der Waals surface area (Å²) in [6, 6.07) is 8.82. The van der Waals surface area contributed by atoms with Gasteiger partial charge in [-0.25, -0.2) is 0 Å². The van der Waals surface area contributed by atoms with Gasteiger partial charge in [0.15, 0.2) is 0 Å². The molecule has 0 saturated carbocycles. The summed E-state index contributed by atoms with van der Waals surface area (Å²) in [6.07, 6.45) is 0. The molecule has 1 nitrogen and oxygen atoms in total. The van der Waals surface area contributed by atoms with E-state index in [9.17, 15) is 0 Å². The largest absolute Gasteiger partial charge is 0.359 e. The lowest BCUT2D eigenvalue weighted by Gasteiger charge is -2.03. The quantitative estimate of drug-likeness (QED) is 0.678. The second-order valence-electron chi connectivity index (χ2n) is 3.95. The Morgan fingerprint density at radius 3 is 2.62 bits per heavy atom. The van der Waals surface area contributed by atoms with E-state index >= 15 is 0 Å². The van der Waals surface area contributed by atoms with E-state index in [-0.39, 0.29) is 0 Å². The van der Waals surface area contributed by atoms with E-state index in [2.05, 4.69) is 50.0 Å². The lowest BCUT2D eigenvalue weighted by molar-refractivity contribution is 0.868. The molecule has 1 heterocycles. The van der Waals surface area contributed by atoms with Crippen molar-refractivity contribution >= 4 is 10.9 Å². The Kier molecular flexibility index (Phi) is 1.87. The summed E-state index contributed by atoms with van der Waals surface area (Å²) in [5.74, 6) is 0.605. The first kappa shape index (κ1) is 8.36. The monoisotopic (exact) mass is 173 g/mol. The molecule has 1 heteroatoms. The molecule has 2 aromatic rings. The molecule has 1 aromatic heterocycles. The van der Waals surface area contributed by atoms with Crippen LogP contribution in [-0.2, 0) is 0 Å². The van der Waals surface area contributed by atoms with E-state index in [1.165, 1.54) is 22.2 Å². The summed E-state index contributed by atoms with van der Waals surface area (Å²) in [5.41, 5.74) is 3.88. The van der Waals surface area contributed by atoms with Crippen LogP contribution in [-0.4, -0.2) is 4.98 Å². The number of benzene rings is 1. The van der Waals surface area contributed by atoms with Crippen molar-refractivity contribution in [1.82, 2.24) is 4.98 Å². The standard InChI is InChI=1S/C12H15N/c1-8(2)10-4-5-11-6-9(3)13-12(11)7-10/h4-8,13H,1-3H3. The molecule has 2 rings (SSSR count). The number of aromatic amines is 1. The number of rotatable bonds is 1. The first-order chi connectivity index (χ1) is 6.16. The molecule has 0 fully saturated rings. The second-order valence-corrected chi connectivity index (χ2v) is 3.95. The number of nitrogens with one attached hydrogen (secondary N) is 1. The van der Waals surface area contributed by atoms with Crippen molar-refractivity contribution in [2.24, 2.45) is 0 Å². The van der Waals surface area contributed by atoms with Crippen molar-refractivity contribution in [2.75, 3.05) is 0 Å². The summed E-state index contributed by atoms with van der Waals surface area (Å²) < 4.78 is 0. The molecular formula is C12H15N. The van der Waals surface area contributed by atoms with Crippen LogP contribution in [0.2, 0.25) is 0 Å². The first-order valence-electron chi connectivity index (χ1n) is 4.76. The van der Waals surface area contributed by atoms with Crippen LogP contribution in [0, 0.1) is 6.92 Å². The molecule has 0 amide bonds. The van der Waals surface area contributed by atoms with Gasteiger partial charge in [-0.15, -0.1) is 0 Å². The molecule has 0 radical (unpaired) electrons. The highest BCUT2D eigenvalue weighted by Crippen LogP contribution is 2.21. The van der Waals surface area contributed by atoms with Crippen LogP contribution >= 0.6 is 0 Å². The zero-order valence-electron chi connectivity index (χ0n) is 8.39. The number of aromatic nitrogens is 1. The lowest BCUT2D eigenvalue weighted by atomic mass is 10.0. The van der Waals surface area contributed by atoms with Crippen molar-refractivity contribution in [2.45, 2.75) is 26.7 Å². The second kappa shape index (κ2) is 2.91. The molecule has 0 saturated heterocycles. The smallest absolute Gasteiger partial charge is 0.0458 e. The molecule has 0 bridgehead atoms. The minimum atomic E-state index is 0.605. The predicted octanol–water partition coefficient (Wildman–Crippen LogP) is 3.60. The highest BCUT2D eigenvalue weighted by molar-refractivity contribution is 5.81. The van der Waals surface area contributed by atoms with Crippen LogP contribution < -0.4 is 0 Å². The summed E-state index contributed by atoms with van der Waals surface area (Å²) in [7, 11) is 0. The molecule has 0 aliphatic carbocycles. The van der Waals surface area contributed by atoms with Gasteiger partial charge in [0, 0.05) is 11.2 Å². The van der Waals surface area contributed by atoms with Crippen LogP contribution in [0.25, 0.3) is 10.9 Å². The third-order valence-corrected chi connectivity index (χ3v) is 2.45. The Balaban J connectivity index is 2.61. The Bertz CT molecular complexity index is 424. The molecule has 1 aromatic carbocycles. The van der Waals surface area contributed by atoms with Crippen molar-refractivity contribution in [3.05, 3.63) is 35.5 Å². The summed E-state index contributed by atoms with van der Waals surface area (Å²) >= 11 is 0. The van der Waals surface area contributed by atoms with Gasteiger partial charge in [0.1, 0.15) is 0 Å². The highest BCUT2D eigenvalue weighted by Gasteiger charge is 2.01. The Morgan fingerprint density at radius 2 is 1.92 bits per heavy atom. The van der Waals surface area contributed by atoms with Gasteiger partial charge in [0.25, 0.3) is 0 Å². The van der Waals surface area contributed by atoms with E-state index in [0.29, 0.717) is 5.92 Å². The van der Waals surface area contributed by atoms with Crippen molar-refractivity contribution in [1.29, 1.82) is 0 Å². The maximum Gasteiger partial charge on any atom is 0.0458 e. The topological polar surface area (TPSA) is 15.8 Å².